The zero-order chi connectivity index (χ0) is 19.1. The molecule has 0 aromatic heterocycles. The minimum absolute atomic E-state index is 0.0623. The second-order valence-electron chi connectivity index (χ2n) is 6.65. The van der Waals surface area contributed by atoms with Crippen LogP contribution >= 0.6 is 0 Å². The molecule has 1 fully saturated rings. The monoisotopic (exact) mass is 369 g/mol. The van der Waals surface area contributed by atoms with Crippen LogP contribution in [0.1, 0.15) is 17.2 Å². The summed E-state index contributed by atoms with van der Waals surface area (Å²) in [4.78, 5) is 14.7. The van der Waals surface area contributed by atoms with Crippen LogP contribution in [0.15, 0.2) is 48.5 Å². The molecule has 0 saturated carbocycles. The number of ether oxygens (including phenoxy) is 2. The Balaban J connectivity index is 1.68. The summed E-state index contributed by atoms with van der Waals surface area (Å²) in [5.74, 6) is 0.815. The highest BCUT2D eigenvalue weighted by atomic mass is 16.5. The third-order valence-corrected chi connectivity index (χ3v) is 4.70. The van der Waals surface area contributed by atoms with Crippen LogP contribution in [0.25, 0.3) is 0 Å². The van der Waals surface area contributed by atoms with Crippen molar-refractivity contribution in [3.8, 4) is 5.75 Å². The van der Waals surface area contributed by atoms with Gasteiger partial charge in [-0.25, -0.2) is 4.79 Å². The lowest BCUT2D eigenvalue weighted by atomic mass is 10.0. The van der Waals surface area contributed by atoms with Gasteiger partial charge in [0.2, 0.25) is 0 Å². The zero-order valence-corrected chi connectivity index (χ0v) is 15.9. The van der Waals surface area contributed by atoms with Gasteiger partial charge in [-0.05, 0) is 42.3 Å². The van der Waals surface area contributed by atoms with Crippen molar-refractivity contribution in [3.05, 3.63) is 59.7 Å². The molecule has 3 rings (SSSR count). The van der Waals surface area contributed by atoms with Gasteiger partial charge in [0.15, 0.2) is 0 Å². The number of hydrogen-bond acceptors (Lipinski definition) is 4. The fraction of sp³-hybridized carbons (Fsp3) is 0.381. The lowest BCUT2D eigenvalue weighted by molar-refractivity contribution is 0.0167. The Morgan fingerprint density at radius 1 is 1.19 bits per heavy atom. The number of nitrogens with one attached hydrogen (secondary N) is 2. The molecule has 1 aliphatic heterocycles. The van der Waals surface area contributed by atoms with Gasteiger partial charge in [0.1, 0.15) is 5.75 Å². The SMILES string of the molecule is COc1cccc(C(CNC(=O)Nc2cccc(C)c2)N2CCOCC2)c1. The second-order valence-corrected chi connectivity index (χ2v) is 6.65. The summed E-state index contributed by atoms with van der Waals surface area (Å²) < 4.78 is 10.8. The van der Waals surface area contributed by atoms with Gasteiger partial charge in [-0.2, -0.15) is 0 Å². The van der Waals surface area contributed by atoms with Crippen LogP contribution in [0.5, 0.6) is 5.75 Å². The predicted molar refractivity (Wildman–Crippen MR) is 106 cm³/mol. The first-order chi connectivity index (χ1) is 13.2. The Labute approximate surface area is 160 Å². The number of urea groups is 1. The minimum atomic E-state index is -0.207. The summed E-state index contributed by atoms with van der Waals surface area (Å²) in [6.45, 7) is 5.59. The van der Waals surface area contributed by atoms with E-state index in [0.717, 1.165) is 35.7 Å². The number of nitrogens with zero attached hydrogens (tertiary/aromatic N) is 1. The topological polar surface area (TPSA) is 62.8 Å². The molecular weight excluding hydrogens is 342 g/mol. The molecule has 2 amide bonds. The number of benzene rings is 2. The number of carbonyl (C=O) groups excluding carboxylic acids is 1. The highest BCUT2D eigenvalue weighted by Crippen LogP contribution is 2.24. The van der Waals surface area contributed by atoms with Crippen LogP contribution in [-0.4, -0.2) is 50.9 Å². The van der Waals surface area contributed by atoms with Crippen molar-refractivity contribution in [1.29, 1.82) is 0 Å². The van der Waals surface area contributed by atoms with Crippen molar-refractivity contribution in [2.45, 2.75) is 13.0 Å². The molecule has 1 atom stereocenters. The molecule has 2 aromatic carbocycles. The predicted octanol–water partition coefficient (Wildman–Crippen LogP) is 3.20. The van der Waals surface area contributed by atoms with E-state index < -0.39 is 0 Å². The molecule has 6 nitrogen and oxygen atoms in total. The number of anilines is 1. The summed E-state index contributed by atoms with van der Waals surface area (Å²) in [7, 11) is 1.66. The molecule has 0 radical (unpaired) electrons. The average molecular weight is 369 g/mol. The van der Waals surface area contributed by atoms with E-state index in [0.29, 0.717) is 19.8 Å². The van der Waals surface area contributed by atoms with Crippen LogP contribution in [-0.2, 0) is 4.74 Å². The van der Waals surface area contributed by atoms with Gasteiger partial charge in [-0.1, -0.05) is 24.3 Å². The Morgan fingerprint density at radius 2 is 1.96 bits per heavy atom. The fourth-order valence-electron chi connectivity index (χ4n) is 3.28. The lowest BCUT2D eigenvalue weighted by Gasteiger charge is -2.35. The number of carbonyl (C=O) groups is 1. The van der Waals surface area contributed by atoms with E-state index in [9.17, 15) is 4.79 Å². The maximum absolute atomic E-state index is 12.4. The summed E-state index contributed by atoms with van der Waals surface area (Å²) in [6, 6.07) is 15.6. The van der Waals surface area contributed by atoms with Gasteiger partial charge in [-0.3, -0.25) is 4.90 Å². The lowest BCUT2D eigenvalue weighted by Crippen LogP contribution is -2.44. The number of morpholine rings is 1. The normalized spacial score (nSPS) is 15.8. The minimum Gasteiger partial charge on any atom is -0.497 e. The largest absolute Gasteiger partial charge is 0.497 e. The van der Waals surface area contributed by atoms with E-state index in [2.05, 4.69) is 21.6 Å². The maximum atomic E-state index is 12.4. The van der Waals surface area contributed by atoms with Gasteiger partial charge in [0, 0.05) is 25.3 Å². The van der Waals surface area contributed by atoms with Gasteiger partial charge in [0.05, 0.1) is 26.4 Å². The van der Waals surface area contributed by atoms with Gasteiger partial charge < -0.3 is 20.1 Å². The molecule has 0 bridgehead atoms. The molecule has 0 aliphatic carbocycles. The van der Waals surface area contributed by atoms with Crippen molar-refractivity contribution >= 4 is 11.7 Å². The van der Waals surface area contributed by atoms with Crippen molar-refractivity contribution in [3.63, 3.8) is 0 Å². The Bertz CT molecular complexity index is 760. The van der Waals surface area contributed by atoms with E-state index in [1.54, 1.807) is 7.11 Å². The first-order valence-electron chi connectivity index (χ1n) is 9.23. The van der Waals surface area contributed by atoms with Crippen LogP contribution in [0.4, 0.5) is 10.5 Å². The maximum Gasteiger partial charge on any atom is 0.319 e. The average Bonchev–Trinajstić information content (AvgIpc) is 2.69. The van der Waals surface area contributed by atoms with Crippen LogP contribution < -0.4 is 15.4 Å². The van der Waals surface area contributed by atoms with E-state index >= 15 is 0 Å². The molecule has 0 spiro atoms. The molecule has 144 valence electrons. The third kappa shape index (κ3) is 5.45. The third-order valence-electron chi connectivity index (χ3n) is 4.70. The van der Waals surface area contributed by atoms with Crippen molar-refractivity contribution in [2.75, 3.05) is 45.3 Å². The van der Waals surface area contributed by atoms with Gasteiger partial charge >= 0.3 is 6.03 Å². The smallest absolute Gasteiger partial charge is 0.319 e. The van der Waals surface area contributed by atoms with Crippen LogP contribution in [0.3, 0.4) is 0 Å². The number of amides is 2. The summed E-state index contributed by atoms with van der Waals surface area (Å²) in [5, 5.41) is 5.91. The van der Waals surface area contributed by atoms with Crippen LogP contribution in [0.2, 0.25) is 0 Å². The van der Waals surface area contributed by atoms with Crippen molar-refractivity contribution in [1.82, 2.24) is 10.2 Å². The Hall–Kier alpha value is -2.57. The van der Waals surface area contributed by atoms with E-state index in [1.807, 2.05) is 49.4 Å². The molecule has 6 heteroatoms. The number of rotatable bonds is 6. The van der Waals surface area contributed by atoms with Crippen LogP contribution in [0, 0.1) is 6.92 Å². The van der Waals surface area contributed by atoms with Crippen molar-refractivity contribution < 1.29 is 14.3 Å². The number of hydrogen-bond donors (Lipinski definition) is 2. The number of aryl methyl sites for hydroxylation is 1. The first kappa shape index (κ1) is 19.2. The van der Waals surface area contributed by atoms with E-state index in [-0.39, 0.29) is 12.1 Å². The quantitative estimate of drug-likeness (QED) is 0.821. The van der Waals surface area contributed by atoms with Crippen molar-refractivity contribution in [2.24, 2.45) is 0 Å². The molecule has 1 unspecified atom stereocenters. The summed E-state index contributed by atoms with van der Waals surface area (Å²) >= 11 is 0. The second kappa shape index (κ2) is 9.39. The summed E-state index contributed by atoms with van der Waals surface area (Å²) in [5.41, 5.74) is 3.01. The molecule has 2 aromatic rings. The highest BCUT2D eigenvalue weighted by Gasteiger charge is 2.23. The highest BCUT2D eigenvalue weighted by molar-refractivity contribution is 5.89. The first-order valence-corrected chi connectivity index (χ1v) is 9.23. The van der Waals surface area contributed by atoms with Gasteiger partial charge in [-0.15, -0.1) is 0 Å². The Kier molecular flexibility index (Phi) is 6.68. The van der Waals surface area contributed by atoms with Gasteiger partial charge in [0.25, 0.3) is 0 Å². The molecule has 2 N–H and O–H groups in total. The summed E-state index contributed by atoms with van der Waals surface area (Å²) in [6.07, 6.45) is 0. The number of methoxy groups -OCH3 is 1. The molecule has 1 heterocycles. The Morgan fingerprint density at radius 3 is 2.70 bits per heavy atom. The molecule has 1 saturated heterocycles. The molecular formula is C21H27N3O3. The molecule has 27 heavy (non-hydrogen) atoms. The fourth-order valence-corrected chi connectivity index (χ4v) is 3.28. The van der Waals surface area contributed by atoms with E-state index in [1.165, 1.54) is 0 Å². The zero-order valence-electron chi connectivity index (χ0n) is 15.9. The standard InChI is InChI=1S/C21H27N3O3/c1-16-5-3-7-18(13-16)23-21(25)22-15-20(24-9-11-27-12-10-24)17-6-4-8-19(14-17)26-2/h3-8,13-14,20H,9-12,15H2,1-2H3,(H2,22,23,25). The molecule has 1 aliphatic rings. The van der Waals surface area contributed by atoms with E-state index in [4.69, 9.17) is 9.47 Å².